The molecule has 0 radical (unpaired) electrons. The lowest BCUT2D eigenvalue weighted by Gasteiger charge is -2.27. The maximum absolute atomic E-state index is 6.06. The van der Waals surface area contributed by atoms with Crippen LogP contribution in [0.15, 0.2) is 48.5 Å². The quantitative estimate of drug-likeness (QED) is 0.928. The van der Waals surface area contributed by atoms with Gasteiger partial charge in [0.15, 0.2) is 0 Å². The first-order chi connectivity index (χ1) is 10.1. The van der Waals surface area contributed by atoms with Crippen LogP contribution in [0.5, 0.6) is 11.5 Å². The molecule has 1 aliphatic rings. The Morgan fingerprint density at radius 3 is 2.62 bits per heavy atom. The summed E-state index contributed by atoms with van der Waals surface area (Å²) in [6.45, 7) is 4.98. The zero-order valence-corrected chi connectivity index (χ0v) is 12.7. The smallest absolute Gasteiger partial charge is 0.125 e. The number of hydrogen-bond donors (Lipinski definition) is 1. The van der Waals surface area contributed by atoms with Crippen molar-refractivity contribution in [1.29, 1.82) is 0 Å². The Morgan fingerprint density at radius 2 is 1.81 bits per heavy atom. The van der Waals surface area contributed by atoms with E-state index in [1.54, 1.807) is 7.11 Å². The van der Waals surface area contributed by atoms with Crippen molar-refractivity contribution in [2.45, 2.75) is 32.0 Å². The number of para-hydroxylation sites is 2. The lowest BCUT2D eigenvalue weighted by Crippen LogP contribution is -2.38. The van der Waals surface area contributed by atoms with E-state index >= 15 is 0 Å². The van der Waals surface area contributed by atoms with E-state index in [1.165, 1.54) is 5.56 Å². The largest absolute Gasteiger partial charge is 0.496 e. The van der Waals surface area contributed by atoms with Crippen LogP contribution in [0.1, 0.15) is 31.0 Å². The van der Waals surface area contributed by atoms with Crippen LogP contribution in [0, 0.1) is 0 Å². The van der Waals surface area contributed by atoms with E-state index in [4.69, 9.17) is 9.47 Å². The maximum Gasteiger partial charge on any atom is 0.125 e. The molecule has 0 amide bonds. The van der Waals surface area contributed by atoms with Gasteiger partial charge in [0.25, 0.3) is 0 Å². The SMILES string of the molecule is COc1ccccc1CNC1c2ccccc2OC1(C)C. The summed E-state index contributed by atoms with van der Waals surface area (Å²) >= 11 is 0. The Labute approximate surface area is 125 Å². The summed E-state index contributed by atoms with van der Waals surface area (Å²) in [7, 11) is 1.71. The first kappa shape index (κ1) is 14.0. The molecular weight excluding hydrogens is 262 g/mol. The molecule has 3 nitrogen and oxygen atoms in total. The Kier molecular flexibility index (Phi) is 3.60. The summed E-state index contributed by atoms with van der Waals surface area (Å²) < 4.78 is 11.5. The summed E-state index contributed by atoms with van der Waals surface area (Å²) in [5.74, 6) is 1.88. The van der Waals surface area contributed by atoms with Crippen molar-refractivity contribution in [3.8, 4) is 11.5 Å². The molecule has 3 heteroatoms. The van der Waals surface area contributed by atoms with E-state index in [9.17, 15) is 0 Å². The molecule has 0 saturated carbocycles. The maximum atomic E-state index is 6.06. The van der Waals surface area contributed by atoms with Crippen LogP contribution in [-0.4, -0.2) is 12.7 Å². The normalized spacial score (nSPS) is 18.9. The van der Waals surface area contributed by atoms with E-state index in [0.717, 1.165) is 23.6 Å². The molecule has 0 aromatic heterocycles. The molecule has 1 atom stereocenters. The monoisotopic (exact) mass is 283 g/mol. The predicted molar refractivity (Wildman–Crippen MR) is 83.7 cm³/mol. The van der Waals surface area contributed by atoms with Gasteiger partial charge in [-0.25, -0.2) is 0 Å². The van der Waals surface area contributed by atoms with Crippen LogP contribution in [0.25, 0.3) is 0 Å². The van der Waals surface area contributed by atoms with E-state index in [-0.39, 0.29) is 11.6 Å². The molecule has 110 valence electrons. The minimum absolute atomic E-state index is 0.165. The lowest BCUT2D eigenvalue weighted by molar-refractivity contribution is 0.0957. The molecule has 21 heavy (non-hydrogen) atoms. The third-order valence-electron chi connectivity index (χ3n) is 3.99. The van der Waals surface area contributed by atoms with Crippen molar-refractivity contribution in [2.24, 2.45) is 0 Å². The number of methoxy groups -OCH3 is 1. The summed E-state index contributed by atoms with van der Waals surface area (Å²) in [4.78, 5) is 0. The highest BCUT2D eigenvalue weighted by Crippen LogP contribution is 2.42. The predicted octanol–water partition coefficient (Wildman–Crippen LogP) is 3.70. The van der Waals surface area contributed by atoms with Crippen LogP contribution in [-0.2, 0) is 6.54 Å². The molecule has 1 unspecified atom stereocenters. The molecular formula is C18H21NO2. The van der Waals surface area contributed by atoms with Gasteiger partial charge in [-0.2, -0.15) is 0 Å². The van der Waals surface area contributed by atoms with Gasteiger partial charge in [0.1, 0.15) is 17.1 Å². The molecule has 0 saturated heterocycles. The fourth-order valence-electron chi connectivity index (χ4n) is 2.95. The number of benzene rings is 2. The second-order valence-corrected chi connectivity index (χ2v) is 5.87. The van der Waals surface area contributed by atoms with Crippen LogP contribution >= 0.6 is 0 Å². The van der Waals surface area contributed by atoms with Crippen molar-refractivity contribution < 1.29 is 9.47 Å². The van der Waals surface area contributed by atoms with Crippen molar-refractivity contribution >= 4 is 0 Å². The molecule has 0 bridgehead atoms. The second kappa shape index (κ2) is 5.41. The molecule has 0 spiro atoms. The Hall–Kier alpha value is -2.00. The van der Waals surface area contributed by atoms with Crippen LogP contribution in [0.2, 0.25) is 0 Å². The minimum Gasteiger partial charge on any atom is -0.496 e. The third-order valence-corrected chi connectivity index (χ3v) is 3.99. The fraction of sp³-hybridized carbons (Fsp3) is 0.333. The topological polar surface area (TPSA) is 30.5 Å². The molecule has 2 aromatic carbocycles. The zero-order valence-electron chi connectivity index (χ0n) is 12.7. The average molecular weight is 283 g/mol. The van der Waals surface area contributed by atoms with E-state index in [2.05, 4.69) is 37.4 Å². The molecule has 2 aromatic rings. The molecule has 1 heterocycles. The van der Waals surface area contributed by atoms with Crippen molar-refractivity contribution in [3.05, 3.63) is 59.7 Å². The van der Waals surface area contributed by atoms with E-state index in [1.807, 2.05) is 30.3 Å². The molecule has 0 fully saturated rings. The Bertz CT molecular complexity index is 637. The van der Waals surface area contributed by atoms with Crippen molar-refractivity contribution in [3.63, 3.8) is 0 Å². The molecule has 3 rings (SSSR count). The van der Waals surface area contributed by atoms with E-state index in [0.29, 0.717) is 0 Å². The zero-order chi connectivity index (χ0) is 14.9. The number of ether oxygens (including phenoxy) is 2. The number of nitrogens with one attached hydrogen (secondary N) is 1. The summed E-state index contributed by atoms with van der Waals surface area (Å²) in [6.07, 6.45) is 0. The van der Waals surface area contributed by atoms with Crippen LogP contribution < -0.4 is 14.8 Å². The van der Waals surface area contributed by atoms with Gasteiger partial charge in [-0.3, -0.25) is 0 Å². The van der Waals surface area contributed by atoms with Gasteiger partial charge in [0.05, 0.1) is 13.2 Å². The highest BCUT2D eigenvalue weighted by atomic mass is 16.5. The second-order valence-electron chi connectivity index (χ2n) is 5.87. The molecule has 1 N–H and O–H groups in total. The van der Waals surface area contributed by atoms with Gasteiger partial charge in [-0.1, -0.05) is 36.4 Å². The van der Waals surface area contributed by atoms with E-state index < -0.39 is 0 Å². The minimum atomic E-state index is -0.258. The number of rotatable bonds is 4. The lowest BCUT2D eigenvalue weighted by atomic mass is 9.94. The molecule has 1 aliphatic heterocycles. The van der Waals surface area contributed by atoms with Crippen LogP contribution in [0.3, 0.4) is 0 Å². The first-order valence-electron chi connectivity index (χ1n) is 7.25. The highest BCUT2D eigenvalue weighted by molar-refractivity contribution is 5.42. The summed E-state index contributed by atoms with van der Waals surface area (Å²) in [6, 6.07) is 16.5. The summed E-state index contributed by atoms with van der Waals surface area (Å²) in [5.41, 5.74) is 2.11. The van der Waals surface area contributed by atoms with Gasteiger partial charge in [0.2, 0.25) is 0 Å². The van der Waals surface area contributed by atoms with Gasteiger partial charge in [-0.15, -0.1) is 0 Å². The summed E-state index contributed by atoms with van der Waals surface area (Å²) in [5, 5.41) is 3.61. The van der Waals surface area contributed by atoms with Gasteiger partial charge >= 0.3 is 0 Å². The number of hydrogen-bond acceptors (Lipinski definition) is 3. The third kappa shape index (κ3) is 2.61. The highest BCUT2D eigenvalue weighted by Gasteiger charge is 2.40. The number of fused-ring (bicyclic) bond motifs is 1. The molecule has 0 aliphatic carbocycles. The Balaban J connectivity index is 1.81. The van der Waals surface area contributed by atoms with Gasteiger partial charge < -0.3 is 14.8 Å². The van der Waals surface area contributed by atoms with Gasteiger partial charge in [0, 0.05) is 17.7 Å². The van der Waals surface area contributed by atoms with Gasteiger partial charge in [-0.05, 0) is 26.0 Å². The van der Waals surface area contributed by atoms with Crippen LogP contribution in [0.4, 0.5) is 0 Å². The Morgan fingerprint density at radius 1 is 1.10 bits per heavy atom. The van der Waals surface area contributed by atoms with Crippen molar-refractivity contribution in [2.75, 3.05) is 7.11 Å². The average Bonchev–Trinajstić information content (AvgIpc) is 2.75. The fourth-order valence-corrected chi connectivity index (χ4v) is 2.95. The first-order valence-corrected chi connectivity index (χ1v) is 7.25. The standard InChI is InChI=1S/C18H21NO2/c1-18(2)17(14-9-5-7-11-16(14)21-18)19-12-13-8-4-6-10-15(13)20-3/h4-11,17,19H,12H2,1-3H3. The van der Waals surface area contributed by atoms with Crippen molar-refractivity contribution in [1.82, 2.24) is 5.32 Å².